The Balaban J connectivity index is 2.23. The van der Waals surface area contributed by atoms with Gasteiger partial charge in [0.25, 0.3) is 0 Å². The molecule has 0 spiro atoms. The van der Waals surface area contributed by atoms with Gasteiger partial charge in [-0.1, -0.05) is 73.4 Å². The summed E-state index contributed by atoms with van der Waals surface area (Å²) >= 11 is 12.5. The van der Waals surface area contributed by atoms with Crippen LogP contribution >= 0.6 is 23.2 Å². The molecule has 156 valence electrons. The molecule has 0 radical (unpaired) electrons. The lowest BCUT2D eigenvalue weighted by atomic mass is 10.1. The Morgan fingerprint density at radius 1 is 1.00 bits per heavy atom. The van der Waals surface area contributed by atoms with Gasteiger partial charge in [-0.3, -0.25) is 9.59 Å². The Morgan fingerprint density at radius 3 is 2.24 bits per heavy atom. The molecule has 6 heteroatoms. The van der Waals surface area contributed by atoms with E-state index >= 15 is 0 Å². The van der Waals surface area contributed by atoms with Crippen molar-refractivity contribution in [3.8, 4) is 0 Å². The van der Waals surface area contributed by atoms with Gasteiger partial charge in [-0.2, -0.15) is 0 Å². The second-order valence-electron chi connectivity index (χ2n) is 6.91. The molecule has 0 fully saturated rings. The fourth-order valence-corrected chi connectivity index (χ4v) is 3.75. The van der Waals surface area contributed by atoms with Crippen LogP contribution in [0.2, 0.25) is 10.0 Å². The van der Waals surface area contributed by atoms with E-state index in [4.69, 9.17) is 23.2 Å². The first-order valence-electron chi connectivity index (χ1n) is 10.0. The highest BCUT2D eigenvalue weighted by molar-refractivity contribution is 6.36. The van der Waals surface area contributed by atoms with Crippen LogP contribution in [0.1, 0.15) is 37.8 Å². The summed E-state index contributed by atoms with van der Waals surface area (Å²) in [6.07, 6.45) is 2.10. The molecule has 2 amide bonds. The number of amides is 2. The Hall–Kier alpha value is -2.04. The highest BCUT2D eigenvalue weighted by Crippen LogP contribution is 2.25. The molecule has 0 heterocycles. The van der Waals surface area contributed by atoms with Crippen molar-refractivity contribution < 1.29 is 9.59 Å². The number of nitrogens with zero attached hydrogens (tertiary/aromatic N) is 1. The molecule has 1 unspecified atom stereocenters. The van der Waals surface area contributed by atoms with Crippen LogP contribution in [0, 0.1) is 0 Å². The lowest BCUT2D eigenvalue weighted by Gasteiger charge is -2.31. The highest BCUT2D eigenvalue weighted by Gasteiger charge is 2.28. The summed E-state index contributed by atoms with van der Waals surface area (Å²) in [6.45, 7) is 4.95. The van der Waals surface area contributed by atoms with E-state index in [0.29, 0.717) is 41.5 Å². The van der Waals surface area contributed by atoms with Crippen LogP contribution < -0.4 is 5.32 Å². The second-order valence-corrected chi connectivity index (χ2v) is 7.73. The van der Waals surface area contributed by atoms with Crippen LogP contribution in [0.25, 0.3) is 0 Å². The minimum Gasteiger partial charge on any atom is -0.354 e. The van der Waals surface area contributed by atoms with Gasteiger partial charge in [-0.25, -0.2) is 0 Å². The van der Waals surface area contributed by atoms with Crippen molar-refractivity contribution in [3.05, 3.63) is 69.7 Å². The first-order valence-corrected chi connectivity index (χ1v) is 10.8. The first-order chi connectivity index (χ1) is 14.0. The van der Waals surface area contributed by atoms with E-state index in [1.807, 2.05) is 44.2 Å². The number of nitrogens with one attached hydrogen (secondary N) is 1. The molecule has 2 rings (SSSR count). The third-order valence-electron chi connectivity index (χ3n) is 4.81. The molecule has 0 aliphatic rings. The molecule has 2 aromatic carbocycles. The van der Waals surface area contributed by atoms with Crippen molar-refractivity contribution in [1.82, 2.24) is 10.2 Å². The minimum atomic E-state index is -0.529. The summed E-state index contributed by atoms with van der Waals surface area (Å²) in [7, 11) is 0. The summed E-state index contributed by atoms with van der Waals surface area (Å²) in [5, 5.41) is 3.83. The number of carbonyl (C=O) groups excluding carboxylic acids is 2. The van der Waals surface area contributed by atoms with E-state index in [9.17, 15) is 9.59 Å². The summed E-state index contributed by atoms with van der Waals surface area (Å²) in [4.78, 5) is 27.6. The third-order valence-corrected chi connectivity index (χ3v) is 5.52. The van der Waals surface area contributed by atoms with Crippen LogP contribution in [0.15, 0.2) is 48.5 Å². The molecule has 0 aliphatic carbocycles. The predicted molar refractivity (Wildman–Crippen MR) is 119 cm³/mol. The standard InChI is InChI=1S/C23H28Cl2N2O2/c1-3-14-26-23(29)21(4-2)27(15-13-17-9-6-5-7-10-17)22(28)16-18-19(24)11-8-12-20(18)25/h5-12,21H,3-4,13-16H2,1-2H3,(H,26,29). The molecule has 0 saturated heterocycles. The molecule has 1 N–H and O–H groups in total. The van der Waals surface area contributed by atoms with Crippen molar-refractivity contribution >= 4 is 35.0 Å². The molecule has 2 aromatic rings. The molecular weight excluding hydrogens is 407 g/mol. The van der Waals surface area contributed by atoms with E-state index in [1.54, 1.807) is 23.1 Å². The van der Waals surface area contributed by atoms with Crippen LogP contribution in [0.4, 0.5) is 0 Å². The highest BCUT2D eigenvalue weighted by atomic mass is 35.5. The Kier molecular flexibility index (Phi) is 9.49. The van der Waals surface area contributed by atoms with E-state index < -0.39 is 6.04 Å². The van der Waals surface area contributed by atoms with Crippen molar-refractivity contribution in [2.75, 3.05) is 13.1 Å². The van der Waals surface area contributed by atoms with Crippen LogP contribution in [0.5, 0.6) is 0 Å². The van der Waals surface area contributed by atoms with Gasteiger partial charge >= 0.3 is 0 Å². The zero-order chi connectivity index (χ0) is 21.2. The fraction of sp³-hybridized carbons (Fsp3) is 0.391. The molecule has 0 aromatic heterocycles. The smallest absolute Gasteiger partial charge is 0.242 e. The number of benzene rings is 2. The lowest BCUT2D eigenvalue weighted by Crippen LogP contribution is -2.50. The average molecular weight is 435 g/mol. The SMILES string of the molecule is CCCNC(=O)C(CC)N(CCc1ccccc1)C(=O)Cc1c(Cl)cccc1Cl. The van der Waals surface area contributed by atoms with Crippen LogP contribution in [-0.4, -0.2) is 35.8 Å². The Labute approximate surface area is 183 Å². The Morgan fingerprint density at radius 2 is 1.66 bits per heavy atom. The zero-order valence-corrected chi connectivity index (χ0v) is 18.5. The van der Waals surface area contributed by atoms with Crippen molar-refractivity contribution in [2.24, 2.45) is 0 Å². The minimum absolute atomic E-state index is 0.0604. The number of hydrogen-bond donors (Lipinski definition) is 1. The molecule has 0 aliphatic heterocycles. The quantitative estimate of drug-likeness (QED) is 0.577. The summed E-state index contributed by atoms with van der Waals surface area (Å²) < 4.78 is 0. The summed E-state index contributed by atoms with van der Waals surface area (Å²) in [6, 6.07) is 14.6. The maximum atomic E-state index is 13.2. The largest absolute Gasteiger partial charge is 0.354 e. The summed E-state index contributed by atoms with van der Waals surface area (Å²) in [5.41, 5.74) is 1.71. The molecule has 0 bridgehead atoms. The van der Waals surface area contributed by atoms with Gasteiger partial charge in [0.05, 0.1) is 6.42 Å². The van der Waals surface area contributed by atoms with Gasteiger partial charge < -0.3 is 10.2 Å². The first kappa shape index (κ1) is 23.2. The van der Waals surface area contributed by atoms with E-state index in [2.05, 4.69) is 5.32 Å². The molecule has 0 saturated carbocycles. The zero-order valence-electron chi connectivity index (χ0n) is 17.0. The van der Waals surface area contributed by atoms with Gasteiger partial charge in [0.15, 0.2) is 0 Å². The molecule has 1 atom stereocenters. The normalized spacial score (nSPS) is 11.7. The monoisotopic (exact) mass is 434 g/mol. The van der Waals surface area contributed by atoms with Crippen molar-refractivity contribution in [2.45, 2.75) is 45.6 Å². The number of carbonyl (C=O) groups is 2. The number of rotatable bonds is 10. The van der Waals surface area contributed by atoms with Gasteiger partial charge in [-0.15, -0.1) is 0 Å². The van der Waals surface area contributed by atoms with Crippen molar-refractivity contribution in [1.29, 1.82) is 0 Å². The average Bonchev–Trinajstić information content (AvgIpc) is 2.72. The third kappa shape index (κ3) is 6.76. The van der Waals surface area contributed by atoms with Gasteiger partial charge in [0.1, 0.15) is 6.04 Å². The summed E-state index contributed by atoms with van der Waals surface area (Å²) in [5.74, 6) is -0.282. The van der Waals surface area contributed by atoms with Crippen LogP contribution in [0.3, 0.4) is 0 Å². The number of hydrogen-bond acceptors (Lipinski definition) is 2. The van der Waals surface area contributed by atoms with E-state index in [1.165, 1.54) is 0 Å². The van der Waals surface area contributed by atoms with Crippen molar-refractivity contribution in [3.63, 3.8) is 0 Å². The topological polar surface area (TPSA) is 49.4 Å². The molecular formula is C23H28Cl2N2O2. The molecule has 4 nitrogen and oxygen atoms in total. The molecule has 29 heavy (non-hydrogen) atoms. The predicted octanol–water partition coefficient (Wildman–Crippen LogP) is 4.91. The van der Waals surface area contributed by atoms with E-state index in [0.717, 1.165) is 12.0 Å². The van der Waals surface area contributed by atoms with Gasteiger partial charge in [0, 0.05) is 23.1 Å². The number of halogens is 2. The van der Waals surface area contributed by atoms with Gasteiger partial charge in [0.2, 0.25) is 11.8 Å². The lowest BCUT2D eigenvalue weighted by molar-refractivity contribution is -0.140. The second kappa shape index (κ2) is 11.8. The fourth-order valence-electron chi connectivity index (χ4n) is 3.22. The maximum Gasteiger partial charge on any atom is 0.242 e. The Bertz CT molecular complexity index is 792. The maximum absolute atomic E-state index is 13.2. The van der Waals surface area contributed by atoms with E-state index in [-0.39, 0.29) is 18.2 Å². The van der Waals surface area contributed by atoms with Crippen LogP contribution in [-0.2, 0) is 22.4 Å². The van der Waals surface area contributed by atoms with Gasteiger partial charge in [-0.05, 0) is 42.5 Å².